The van der Waals surface area contributed by atoms with Gasteiger partial charge in [0.05, 0.1) is 24.2 Å². The molecule has 0 saturated carbocycles. The van der Waals surface area contributed by atoms with Crippen molar-refractivity contribution in [2.75, 3.05) is 19.8 Å². The molecule has 1 saturated heterocycles. The lowest BCUT2D eigenvalue weighted by atomic mass is 9.75. The minimum absolute atomic E-state index is 0.173. The van der Waals surface area contributed by atoms with Gasteiger partial charge in [-0.05, 0) is 44.0 Å². The monoisotopic (exact) mass is 245 g/mol. The molecule has 2 aromatic rings. The van der Waals surface area contributed by atoms with E-state index in [1.807, 2.05) is 6.92 Å². The van der Waals surface area contributed by atoms with Crippen LogP contribution < -0.4 is 5.73 Å². The molecule has 1 aromatic heterocycles. The average Bonchev–Trinajstić information content (AvgIpc) is 2.67. The predicted octanol–water partition coefficient (Wildman–Crippen LogP) is 1.88. The number of rotatable bonds is 4. The maximum absolute atomic E-state index is 5.63. The summed E-state index contributed by atoms with van der Waals surface area (Å²) in [5.41, 5.74) is 9.30. The van der Waals surface area contributed by atoms with Crippen LogP contribution in [-0.4, -0.2) is 29.7 Å². The fraction of sp³-hybridized carbons (Fsp3) is 0.500. The first-order valence-corrected chi connectivity index (χ1v) is 6.48. The van der Waals surface area contributed by atoms with E-state index in [0.717, 1.165) is 49.5 Å². The van der Waals surface area contributed by atoms with Crippen molar-refractivity contribution in [2.45, 2.75) is 25.2 Å². The standard InChI is InChI=1S/C14H19N3O/c1-10-16-12-4-3-11(7-13(12)17-10)14(5-2-6-15)8-18-9-14/h3-4,7H,2,5-6,8-9,15H2,1H3,(H,16,17). The number of nitrogens with one attached hydrogen (secondary N) is 1. The van der Waals surface area contributed by atoms with Crippen LogP contribution in [0.25, 0.3) is 11.0 Å². The van der Waals surface area contributed by atoms with Gasteiger partial charge in [0.2, 0.25) is 0 Å². The predicted molar refractivity (Wildman–Crippen MR) is 71.6 cm³/mol. The number of H-pyrrole nitrogens is 1. The topological polar surface area (TPSA) is 63.9 Å². The summed E-state index contributed by atoms with van der Waals surface area (Å²) in [5.74, 6) is 0.961. The zero-order valence-corrected chi connectivity index (χ0v) is 10.7. The summed E-state index contributed by atoms with van der Waals surface area (Å²) in [5, 5.41) is 0. The van der Waals surface area contributed by atoms with Crippen LogP contribution in [0.15, 0.2) is 18.2 Å². The molecule has 3 rings (SSSR count). The molecule has 4 heteroatoms. The fourth-order valence-electron chi connectivity index (χ4n) is 2.71. The minimum Gasteiger partial charge on any atom is -0.379 e. The zero-order valence-electron chi connectivity index (χ0n) is 10.7. The second-order valence-corrected chi connectivity index (χ2v) is 5.22. The van der Waals surface area contributed by atoms with Crippen molar-refractivity contribution in [3.05, 3.63) is 29.6 Å². The van der Waals surface area contributed by atoms with Crippen molar-refractivity contribution in [2.24, 2.45) is 5.73 Å². The molecule has 96 valence electrons. The summed E-state index contributed by atoms with van der Waals surface area (Å²) in [6.45, 7) is 4.35. The first kappa shape index (κ1) is 11.7. The Balaban J connectivity index is 1.96. The number of imidazole rings is 1. The van der Waals surface area contributed by atoms with Crippen molar-refractivity contribution < 1.29 is 4.74 Å². The number of fused-ring (bicyclic) bond motifs is 1. The van der Waals surface area contributed by atoms with Crippen molar-refractivity contribution in [1.82, 2.24) is 9.97 Å². The van der Waals surface area contributed by atoms with Crippen LogP contribution in [-0.2, 0) is 10.2 Å². The van der Waals surface area contributed by atoms with Gasteiger partial charge in [0.1, 0.15) is 5.82 Å². The molecule has 0 unspecified atom stereocenters. The summed E-state index contributed by atoms with van der Waals surface area (Å²) in [7, 11) is 0. The molecular formula is C14H19N3O. The van der Waals surface area contributed by atoms with Gasteiger partial charge in [-0.15, -0.1) is 0 Å². The van der Waals surface area contributed by atoms with Crippen molar-refractivity contribution in [3.8, 4) is 0 Å². The van der Waals surface area contributed by atoms with Crippen molar-refractivity contribution in [1.29, 1.82) is 0 Å². The number of aryl methyl sites for hydroxylation is 1. The maximum Gasteiger partial charge on any atom is 0.104 e. The molecule has 0 spiro atoms. The Hall–Kier alpha value is -1.39. The highest BCUT2D eigenvalue weighted by atomic mass is 16.5. The molecule has 0 bridgehead atoms. The average molecular weight is 245 g/mol. The normalized spacial score (nSPS) is 17.9. The molecule has 0 aliphatic carbocycles. The summed E-state index contributed by atoms with van der Waals surface area (Å²) < 4.78 is 5.44. The number of nitrogens with zero attached hydrogens (tertiary/aromatic N) is 1. The van der Waals surface area contributed by atoms with Crippen LogP contribution in [0.1, 0.15) is 24.2 Å². The number of ether oxygens (including phenoxy) is 1. The zero-order chi connectivity index (χ0) is 12.6. The van der Waals surface area contributed by atoms with E-state index in [-0.39, 0.29) is 5.41 Å². The third-order valence-electron chi connectivity index (χ3n) is 3.83. The minimum atomic E-state index is 0.173. The lowest BCUT2D eigenvalue weighted by molar-refractivity contribution is -0.0648. The molecular weight excluding hydrogens is 226 g/mol. The molecule has 4 nitrogen and oxygen atoms in total. The van der Waals surface area contributed by atoms with Crippen molar-refractivity contribution >= 4 is 11.0 Å². The first-order chi connectivity index (χ1) is 8.73. The van der Waals surface area contributed by atoms with E-state index >= 15 is 0 Å². The molecule has 0 radical (unpaired) electrons. The van der Waals surface area contributed by atoms with Gasteiger partial charge in [-0.1, -0.05) is 6.07 Å². The lowest BCUT2D eigenvalue weighted by Gasteiger charge is -2.42. The third kappa shape index (κ3) is 1.82. The SMILES string of the molecule is Cc1nc2ccc(C3(CCCN)COC3)cc2[nH]1. The summed E-state index contributed by atoms with van der Waals surface area (Å²) >= 11 is 0. The second kappa shape index (κ2) is 4.37. The Morgan fingerprint density at radius 1 is 1.44 bits per heavy atom. The molecule has 0 amide bonds. The third-order valence-corrected chi connectivity index (χ3v) is 3.83. The Morgan fingerprint density at radius 3 is 2.94 bits per heavy atom. The van der Waals surface area contributed by atoms with Crippen LogP contribution in [0.4, 0.5) is 0 Å². The lowest BCUT2D eigenvalue weighted by Crippen LogP contribution is -2.47. The Bertz CT molecular complexity index is 557. The Morgan fingerprint density at radius 2 is 2.28 bits per heavy atom. The van der Waals surface area contributed by atoms with Crippen LogP contribution in [0.5, 0.6) is 0 Å². The molecule has 18 heavy (non-hydrogen) atoms. The molecule has 3 N–H and O–H groups in total. The number of hydrogen-bond donors (Lipinski definition) is 2. The highest BCUT2D eigenvalue weighted by Crippen LogP contribution is 2.37. The first-order valence-electron chi connectivity index (χ1n) is 6.48. The van der Waals surface area contributed by atoms with Crippen LogP contribution in [0, 0.1) is 6.92 Å². The molecule has 1 fully saturated rings. The number of nitrogens with two attached hydrogens (primary N) is 1. The van der Waals surface area contributed by atoms with Crippen molar-refractivity contribution in [3.63, 3.8) is 0 Å². The van der Waals surface area contributed by atoms with E-state index in [4.69, 9.17) is 10.5 Å². The van der Waals surface area contributed by atoms with E-state index in [0.29, 0.717) is 0 Å². The highest BCUT2D eigenvalue weighted by Gasteiger charge is 2.39. The number of benzene rings is 1. The smallest absolute Gasteiger partial charge is 0.104 e. The van der Waals surface area contributed by atoms with Gasteiger partial charge >= 0.3 is 0 Å². The summed E-state index contributed by atoms with van der Waals surface area (Å²) in [6, 6.07) is 6.49. The summed E-state index contributed by atoms with van der Waals surface area (Å²) in [4.78, 5) is 7.73. The van der Waals surface area contributed by atoms with Gasteiger partial charge in [0.25, 0.3) is 0 Å². The van der Waals surface area contributed by atoms with Crippen LogP contribution in [0.3, 0.4) is 0 Å². The van der Waals surface area contributed by atoms with Gasteiger partial charge in [-0.3, -0.25) is 0 Å². The maximum atomic E-state index is 5.63. The number of hydrogen-bond acceptors (Lipinski definition) is 3. The largest absolute Gasteiger partial charge is 0.379 e. The van der Waals surface area contributed by atoms with Gasteiger partial charge < -0.3 is 15.5 Å². The molecule has 2 heterocycles. The Kier molecular flexibility index (Phi) is 2.84. The van der Waals surface area contributed by atoms with E-state index in [1.54, 1.807) is 0 Å². The fourth-order valence-corrected chi connectivity index (χ4v) is 2.71. The van der Waals surface area contributed by atoms with Gasteiger partial charge in [0.15, 0.2) is 0 Å². The summed E-state index contributed by atoms with van der Waals surface area (Å²) in [6.07, 6.45) is 2.14. The number of aromatic nitrogens is 2. The molecule has 1 aliphatic heterocycles. The van der Waals surface area contributed by atoms with E-state index in [9.17, 15) is 0 Å². The van der Waals surface area contributed by atoms with Crippen LogP contribution in [0.2, 0.25) is 0 Å². The molecule has 1 aliphatic rings. The van der Waals surface area contributed by atoms with Gasteiger partial charge in [-0.25, -0.2) is 4.98 Å². The highest BCUT2D eigenvalue weighted by molar-refractivity contribution is 5.76. The van der Waals surface area contributed by atoms with E-state index in [2.05, 4.69) is 28.2 Å². The van der Waals surface area contributed by atoms with E-state index in [1.165, 1.54) is 5.56 Å². The molecule has 1 aromatic carbocycles. The van der Waals surface area contributed by atoms with Gasteiger partial charge in [-0.2, -0.15) is 0 Å². The van der Waals surface area contributed by atoms with Crippen LogP contribution >= 0.6 is 0 Å². The van der Waals surface area contributed by atoms with Gasteiger partial charge in [0, 0.05) is 5.41 Å². The van der Waals surface area contributed by atoms with E-state index < -0.39 is 0 Å². The number of aromatic amines is 1. The molecule has 0 atom stereocenters. The Labute approximate surface area is 107 Å². The quantitative estimate of drug-likeness (QED) is 0.864. The second-order valence-electron chi connectivity index (χ2n) is 5.22.